The van der Waals surface area contributed by atoms with Crippen molar-refractivity contribution in [2.45, 2.75) is 13.1 Å². The lowest BCUT2D eigenvalue weighted by Crippen LogP contribution is -2.23. The van der Waals surface area contributed by atoms with E-state index < -0.39 is 0 Å². The van der Waals surface area contributed by atoms with Crippen LogP contribution in [-0.2, 0) is 13.1 Å². The average Bonchev–Trinajstić information content (AvgIpc) is 3.38. The molecule has 3 heterocycles. The number of anilines is 1. The minimum absolute atomic E-state index is 0.325. The first-order valence-electron chi connectivity index (χ1n) is 8.32. The van der Waals surface area contributed by atoms with Gasteiger partial charge in [-0.25, -0.2) is 9.37 Å². The van der Waals surface area contributed by atoms with Gasteiger partial charge in [0.25, 0.3) is 0 Å². The van der Waals surface area contributed by atoms with Gasteiger partial charge in [0.15, 0.2) is 0 Å². The number of nitrogens with zero attached hydrogens (tertiary/aromatic N) is 3. The van der Waals surface area contributed by atoms with E-state index in [1.807, 2.05) is 29.2 Å². The molecule has 136 valence electrons. The van der Waals surface area contributed by atoms with E-state index in [0.29, 0.717) is 30.7 Å². The van der Waals surface area contributed by atoms with Crippen LogP contribution in [0.2, 0.25) is 0 Å². The molecule has 0 atom stereocenters. The van der Waals surface area contributed by atoms with Gasteiger partial charge in [0.05, 0.1) is 25.6 Å². The first-order chi connectivity index (χ1) is 13.3. The van der Waals surface area contributed by atoms with Crippen molar-refractivity contribution >= 4 is 5.95 Å². The molecule has 0 fully saturated rings. The molecule has 0 unspecified atom stereocenters. The summed E-state index contributed by atoms with van der Waals surface area (Å²) < 4.78 is 29.6. The number of aromatic nitrogens is 2. The number of benzene rings is 1. The Morgan fingerprint density at radius 3 is 2.15 bits per heavy atom. The predicted molar refractivity (Wildman–Crippen MR) is 95.8 cm³/mol. The van der Waals surface area contributed by atoms with Crippen molar-refractivity contribution in [1.29, 1.82) is 0 Å². The summed E-state index contributed by atoms with van der Waals surface area (Å²) in [6, 6.07) is 14.8. The van der Waals surface area contributed by atoms with Crippen LogP contribution >= 0.6 is 0 Å². The van der Waals surface area contributed by atoms with Crippen molar-refractivity contribution in [2.24, 2.45) is 0 Å². The van der Waals surface area contributed by atoms with Crippen LogP contribution in [0.4, 0.5) is 10.3 Å². The zero-order valence-electron chi connectivity index (χ0n) is 14.3. The fourth-order valence-electron chi connectivity index (χ4n) is 2.54. The Labute approximate surface area is 154 Å². The Hall–Kier alpha value is -3.61. The summed E-state index contributed by atoms with van der Waals surface area (Å²) in [4.78, 5) is 10.7. The predicted octanol–water partition coefficient (Wildman–Crippen LogP) is 4.80. The molecule has 0 spiro atoms. The van der Waals surface area contributed by atoms with Crippen LogP contribution in [0.15, 0.2) is 82.2 Å². The molecule has 1 aromatic carbocycles. The summed E-state index contributed by atoms with van der Waals surface area (Å²) >= 11 is 0. The summed E-state index contributed by atoms with van der Waals surface area (Å²) in [6.07, 6.45) is 4.85. The normalized spacial score (nSPS) is 10.7. The van der Waals surface area contributed by atoms with Crippen molar-refractivity contribution in [2.75, 3.05) is 4.90 Å². The third-order valence-electron chi connectivity index (χ3n) is 3.79. The standard InChI is InChI=1S/C20H16FN3O3/c21-15-5-7-16(8-6-15)27-19-9-10-22-20(23-19)24(13-17-3-1-11-25-17)14-18-4-2-12-26-18/h1-12H,13-14H2. The summed E-state index contributed by atoms with van der Waals surface area (Å²) in [5.41, 5.74) is 0. The Balaban J connectivity index is 1.57. The van der Waals surface area contributed by atoms with Gasteiger partial charge in [0.1, 0.15) is 23.1 Å². The smallest absolute Gasteiger partial charge is 0.229 e. The van der Waals surface area contributed by atoms with Gasteiger partial charge in [0, 0.05) is 12.3 Å². The Morgan fingerprint density at radius 2 is 1.56 bits per heavy atom. The van der Waals surface area contributed by atoms with Gasteiger partial charge in [0.2, 0.25) is 11.8 Å². The fourth-order valence-corrected chi connectivity index (χ4v) is 2.54. The van der Waals surface area contributed by atoms with Crippen LogP contribution in [0.5, 0.6) is 11.6 Å². The van der Waals surface area contributed by atoms with Crippen LogP contribution in [-0.4, -0.2) is 9.97 Å². The molecular formula is C20H16FN3O3. The van der Waals surface area contributed by atoms with E-state index in [1.165, 1.54) is 12.1 Å². The highest BCUT2D eigenvalue weighted by atomic mass is 19.1. The second kappa shape index (κ2) is 7.74. The lowest BCUT2D eigenvalue weighted by molar-refractivity contribution is 0.453. The summed E-state index contributed by atoms with van der Waals surface area (Å²) in [5.74, 6) is 2.53. The maximum atomic E-state index is 13.1. The summed E-state index contributed by atoms with van der Waals surface area (Å²) in [6.45, 7) is 0.932. The number of hydrogen-bond acceptors (Lipinski definition) is 6. The number of halogens is 1. The van der Waals surface area contributed by atoms with Crippen LogP contribution in [0.3, 0.4) is 0 Å². The molecular weight excluding hydrogens is 349 g/mol. The third kappa shape index (κ3) is 4.33. The monoisotopic (exact) mass is 365 g/mol. The maximum Gasteiger partial charge on any atom is 0.229 e. The van der Waals surface area contributed by atoms with Crippen LogP contribution in [0.1, 0.15) is 11.5 Å². The highest BCUT2D eigenvalue weighted by molar-refractivity contribution is 5.35. The minimum Gasteiger partial charge on any atom is -0.467 e. The first kappa shape index (κ1) is 16.8. The fraction of sp³-hybridized carbons (Fsp3) is 0.100. The van der Waals surface area contributed by atoms with E-state index in [9.17, 15) is 4.39 Å². The van der Waals surface area contributed by atoms with Crippen molar-refractivity contribution < 1.29 is 18.0 Å². The summed E-state index contributed by atoms with van der Waals surface area (Å²) in [7, 11) is 0. The minimum atomic E-state index is -0.325. The van der Waals surface area contributed by atoms with Crippen molar-refractivity contribution in [3.8, 4) is 11.6 Å². The van der Waals surface area contributed by atoms with E-state index in [1.54, 1.807) is 36.9 Å². The van der Waals surface area contributed by atoms with E-state index in [-0.39, 0.29) is 5.82 Å². The largest absolute Gasteiger partial charge is 0.467 e. The van der Waals surface area contributed by atoms with Crippen LogP contribution in [0, 0.1) is 5.82 Å². The molecule has 27 heavy (non-hydrogen) atoms. The lowest BCUT2D eigenvalue weighted by atomic mass is 10.3. The van der Waals surface area contributed by atoms with Crippen molar-refractivity contribution in [3.63, 3.8) is 0 Å². The van der Waals surface area contributed by atoms with Gasteiger partial charge < -0.3 is 18.5 Å². The highest BCUT2D eigenvalue weighted by Gasteiger charge is 2.15. The second-order valence-corrected chi connectivity index (χ2v) is 5.77. The third-order valence-corrected chi connectivity index (χ3v) is 3.79. The van der Waals surface area contributed by atoms with Gasteiger partial charge in [-0.05, 0) is 48.5 Å². The SMILES string of the molecule is Fc1ccc(Oc2ccnc(N(Cc3ccco3)Cc3ccco3)n2)cc1. The van der Waals surface area contributed by atoms with Gasteiger partial charge >= 0.3 is 0 Å². The Morgan fingerprint density at radius 1 is 0.889 bits per heavy atom. The van der Waals surface area contributed by atoms with E-state index >= 15 is 0 Å². The summed E-state index contributed by atoms with van der Waals surface area (Å²) in [5, 5.41) is 0. The van der Waals surface area contributed by atoms with Crippen molar-refractivity contribution in [1.82, 2.24) is 9.97 Å². The number of furan rings is 2. The van der Waals surface area contributed by atoms with Crippen molar-refractivity contribution in [3.05, 3.63) is 90.7 Å². The number of hydrogen-bond donors (Lipinski definition) is 0. The molecule has 0 bridgehead atoms. The topological polar surface area (TPSA) is 64.5 Å². The number of rotatable bonds is 7. The lowest BCUT2D eigenvalue weighted by Gasteiger charge is -2.20. The van der Waals surface area contributed by atoms with E-state index in [0.717, 1.165) is 11.5 Å². The molecule has 4 aromatic rings. The van der Waals surface area contributed by atoms with E-state index in [4.69, 9.17) is 13.6 Å². The maximum absolute atomic E-state index is 13.1. The Kier molecular flexibility index (Phi) is 4.82. The van der Waals surface area contributed by atoms with E-state index in [2.05, 4.69) is 9.97 Å². The molecule has 0 aliphatic rings. The molecule has 0 saturated carbocycles. The highest BCUT2D eigenvalue weighted by Crippen LogP contribution is 2.23. The molecule has 6 nitrogen and oxygen atoms in total. The van der Waals surface area contributed by atoms with Gasteiger partial charge in [-0.1, -0.05) is 0 Å². The molecule has 0 aliphatic carbocycles. The second-order valence-electron chi connectivity index (χ2n) is 5.77. The number of ether oxygens (including phenoxy) is 1. The molecule has 4 rings (SSSR count). The zero-order chi connectivity index (χ0) is 18.5. The molecule has 0 aliphatic heterocycles. The molecule has 3 aromatic heterocycles. The Bertz CT molecular complexity index is 934. The molecule has 0 radical (unpaired) electrons. The molecule has 7 heteroatoms. The average molecular weight is 365 g/mol. The molecule has 0 N–H and O–H groups in total. The van der Waals surface area contributed by atoms with Gasteiger partial charge in [-0.15, -0.1) is 0 Å². The first-order valence-corrected chi connectivity index (χ1v) is 8.32. The van der Waals surface area contributed by atoms with Crippen LogP contribution in [0.25, 0.3) is 0 Å². The quantitative estimate of drug-likeness (QED) is 0.469. The van der Waals surface area contributed by atoms with Gasteiger partial charge in [-0.2, -0.15) is 4.98 Å². The molecule has 0 saturated heterocycles. The van der Waals surface area contributed by atoms with Gasteiger partial charge in [-0.3, -0.25) is 0 Å². The molecule has 0 amide bonds. The zero-order valence-corrected chi connectivity index (χ0v) is 14.3. The van der Waals surface area contributed by atoms with Crippen LogP contribution < -0.4 is 9.64 Å².